The van der Waals surface area contributed by atoms with E-state index in [9.17, 15) is 18.0 Å². The van der Waals surface area contributed by atoms with Gasteiger partial charge >= 0.3 is 12.1 Å². The number of morpholine rings is 1. The lowest BCUT2D eigenvalue weighted by Crippen LogP contribution is -2.37. The number of hydrogen-bond acceptors (Lipinski definition) is 5. The van der Waals surface area contributed by atoms with Gasteiger partial charge in [0, 0.05) is 25.8 Å². The van der Waals surface area contributed by atoms with E-state index in [0.717, 1.165) is 57.1 Å². The molecule has 2 aliphatic heterocycles. The van der Waals surface area contributed by atoms with Crippen LogP contribution in [-0.2, 0) is 20.7 Å². The minimum Gasteiger partial charge on any atom is -0.475 e. The van der Waals surface area contributed by atoms with Crippen molar-refractivity contribution in [2.24, 2.45) is 0 Å². The summed E-state index contributed by atoms with van der Waals surface area (Å²) in [5.41, 5.74) is 3.60. The maximum atomic E-state index is 12.7. The van der Waals surface area contributed by atoms with E-state index in [-0.39, 0.29) is 11.9 Å². The maximum absolute atomic E-state index is 12.7. The highest BCUT2D eigenvalue weighted by Gasteiger charge is 2.38. The first-order chi connectivity index (χ1) is 16.2. The van der Waals surface area contributed by atoms with Gasteiger partial charge in [0.25, 0.3) is 0 Å². The standard InChI is InChI=1S/C22H25N3O2.C2HF3O2/c1-2-21(26)25-11-5-7-17-6-3-4-8-19(17)22(25)18-9-10-23-20(16-18)24-12-14-27-15-13-24;3-2(4,5)1(6)7/h2-4,6,8-10,16,22H,1,5,7,11-15H2;(H,6,7). The van der Waals surface area contributed by atoms with E-state index < -0.39 is 12.1 Å². The number of ether oxygens (including phenoxy) is 1. The Balaban J connectivity index is 0.000000406. The van der Waals surface area contributed by atoms with Crippen LogP contribution in [0.4, 0.5) is 19.0 Å². The Morgan fingerprint density at radius 3 is 2.47 bits per heavy atom. The van der Waals surface area contributed by atoms with Crippen LogP contribution in [0, 0.1) is 0 Å². The van der Waals surface area contributed by atoms with E-state index in [1.807, 2.05) is 17.2 Å². The minimum atomic E-state index is -5.08. The number of rotatable bonds is 3. The first-order valence-corrected chi connectivity index (χ1v) is 10.8. The number of alkyl halides is 3. The number of amides is 1. The van der Waals surface area contributed by atoms with Gasteiger partial charge < -0.3 is 19.6 Å². The van der Waals surface area contributed by atoms with Crippen LogP contribution in [0.3, 0.4) is 0 Å². The van der Waals surface area contributed by atoms with Crippen LogP contribution in [0.25, 0.3) is 0 Å². The molecule has 1 fully saturated rings. The van der Waals surface area contributed by atoms with Crippen LogP contribution in [0.1, 0.15) is 29.2 Å². The molecule has 182 valence electrons. The van der Waals surface area contributed by atoms with Crippen LogP contribution in [0.5, 0.6) is 0 Å². The molecule has 0 radical (unpaired) electrons. The number of anilines is 1. The van der Waals surface area contributed by atoms with Crippen LogP contribution in [-0.4, -0.2) is 65.9 Å². The number of carbonyl (C=O) groups excluding carboxylic acids is 1. The van der Waals surface area contributed by atoms with E-state index in [2.05, 4.69) is 46.8 Å². The highest BCUT2D eigenvalue weighted by molar-refractivity contribution is 5.88. The summed E-state index contributed by atoms with van der Waals surface area (Å²) >= 11 is 0. The number of nitrogens with zero attached hydrogens (tertiary/aromatic N) is 3. The molecule has 1 aromatic carbocycles. The molecule has 1 amide bonds. The molecule has 1 aromatic heterocycles. The fraction of sp³-hybridized carbons (Fsp3) is 0.375. The number of carbonyl (C=O) groups is 2. The Morgan fingerprint density at radius 1 is 1.15 bits per heavy atom. The summed E-state index contributed by atoms with van der Waals surface area (Å²) in [7, 11) is 0. The summed E-state index contributed by atoms with van der Waals surface area (Å²) in [6.45, 7) is 7.56. The number of pyridine rings is 1. The Bertz CT molecular complexity index is 1020. The molecule has 1 atom stereocenters. The van der Waals surface area contributed by atoms with Crippen molar-refractivity contribution in [3.8, 4) is 0 Å². The van der Waals surface area contributed by atoms with Crippen LogP contribution >= 0.6 is 0 Å². The molecular formula is C24H26F3N3O4. The summed E-state index contributed by atoms with van der Waals surface area (Å²) < 4.78 is 37.2. The third-order valence-corrected chi connectivity index (χ3v) is 5.63. The molecule has 0 saturated carbocycles. The fourth-order valence-corrected chi connectivity index (χ4v) is 4.05. The average molecular weight is 477 g/mol. The highest BCUT2D eigenvalue weighted by Crippen LogP contribution is 2.35. The van der Waals surface area contributed by atoms with E-state index in [4.69, 9.17) is 14.6 Å². The largest absolute Gasteiger partial charge is 0.490 e. The first-order valence-electron chi connectivity index (χ1n) is 10.8. The molecule has 4 rings (SSSR count). The molecule has 1 N–H and O–H groups in total. The SMILES string of the molecule is C=CC(=O)N1CCCc2ccccc2C1c1ccnc(N2CCOCC2)c1.O=C(O)C(F)(F)F. The fourth-order valence-electron chi connectivity index (χ4n) is 4.05. The number of halogens is 3. The molecule has 0 aliphatic carbocycles. The molecule has 0 spiro atoms. The predicted molar refractivity (Wildman–Crippen MR) is 119 cm³/mol. The number of carboxylic acid groups (broad SMARTS) is 1. The average Bonchev–Trinajstić information content (AvgIpc) is 3.04. The Kier molecular flexibility index (Phi) is 8.27. The van der Waals surface area contributed by atoms with Crippen molar-refractivity contribution >= 4 is 17.7 Å². The van der Waals surface area contributed by atoms with Crippen molar-refractivity contribution in [3.05, 3.63) is 71.9 Å². The molecule has 34 heavy (non-hydrogen) atoms. The summed E-state index contributed by atoms with van der Waals surface area (Å²) in [6.07, 6.45) is 0.124. The van der Waals surface area contributed by atoms with Gasteiger partial charge in [0.15, 0.2) is 0 Å². The molecule has 7 nitrogen and oxygen atoms in total. The number of aromatic nitrogens is 1. The van der Waals surface area contributed by atoms with Crippen molar-refractivity contribution in [2.75, 3.05) is 37.7 Å². The van der Waals surface area contributed by atoms with Crippen molar-refractivity contribution in [3.63, 3.8) is 0 Å². The molecule has 1 saturated heterocycles. The number of aryl methyl sites for hydroxylation is 1. The van der Waals surface area contributed by atoms with Crippen LogP contribution in [0.15, 0.2) is 55.3 Å². The molecule has 1 unspecified atom stereocenters. The first kappa shape index (κ1) is 25.2. The lowest BCUT2D eigenvalue weighted by molar-refractivity contribution is -0.192. The summed E-state index contributed by atoms with van der Waals surface area (Å²) in [4.78, 5) is 30.3. The monoisotopic (exact) mass is 477 g/mol. The lowest BCUT2D eigenvalue weighted by Gasteiger charge is -2.32. The zero-order chi connectivity index (χ0) is 24.7. The molecular weight excluding hydrogens is 451 g/mol. The smallest absolute Gasteiger partial charge is 0.475 e. The number of benzene rings is 1. The summed E-state index contributed by atoms with van der Waals surface area (Å²) in [5, 5.41) is 7.12. The van der Waals surface area contributed by atoms with Crippen molar-refractivity contribution in [2.45, 2.75) is 25.1 Å². The molecule has 2 aromatic rings. The quantitative estimate of drug-likeness (QED) is 0.681. The molecule has 2 aliphatic rings. The van der Waals surface area contributed by atoms with Gasteiger partial charge in [0.05, 0.1) is 19.3 Å². The van der Waals surface area contributed by atoms with Gasteiger partial charge in [-0.15, -0.1) is 0 Å². The third-order valence-electron chi connectivity index (χ3n) is 5.63. The van der Waals surface area contributed by atoms with Crippen molar-refractivity contribution < 1.29 is 32.6 Å². The Labute approximate surface area is 195 Å². The van der Waals surface area contributed by atoms with E-state index in [1.54, 1.807) is 0 Å². The summed E-state index contributed by atoms with van der Waals surface area (Å²) in [5.74, 6) is -1.84. The molecule has 3 heterocycles. The number of carboxylic acids is 1. The van der Waals surface area contributed by atoms with Gasteiger partial charge in [-0.05, 0) is 47.7 Å². The van der Waals surface area contributed by atoms with E-state index >= 15 is 0 Å². The van der Waals surface area contributed by atoms with Gasteiger partial charge in [-0.2, -0.15) is 13.2 Å². The number of aliphatic carboxylic acids is 1. The van der Waals surface area contributed by atoms with Crippen LogP contribution in [0.2, 0.25) is 0 Å². The highest BCUT2D eigenvalue weighted by atomic mass is 19.4. The zero-order valence-corrected chi connectivity index (χ0v) is 18.5. The second-order valence-corrected chi connectivity index (χ2v) is 7.79. The van der Waals surface area contributed by atoms with E-state index in [0.29, 0.717) is 0 Å². The number of fused-ring (bicyclic) bond motifs is 1. The van der Waals surface area contributed by atoms with Crippen molar-refractivity contribution in [1.29, 1.82) is 0 Å². The lowest BCUT2D eigenvalue weighted by atomic mass is 9.93. The normalized spacial score (nSPS) is 18.1. The maximum Gasteiger partial charge on any atom is 0.490 e. The number of hydrogen-bond donors (Lipinski definition) is 1. The Hall–Kier alpha value is -3.40. The Morgan fingerprint density at radius 2 is 1.82 bits per heavy atom. The van der Waals surface area contributed by atoms with E-state index in [1.165, 1.54) is 17.2 Å². The van der Waals surface area contributed by atoms with Crippen molar-refractivity contribution in [1.82, 2.24) is 9.88 Å². The zero-order valence-electron chi connectivity index (χ0n) is 18.5. The van der Waals surface area contributed by atoms with Crippen LogP contribution < -0.4 is 4.90 Å². The molecule has 0 bridgehead atoms. The topological polar surface area (TPSA) is 83.0 Å². The van der Waals surface area contributed by atoms with Gasteiger partial charge in [-0.1, -0.05) is 30.8 Å². The summed E-state index contributed by atoms with van der Waals surface area (Å²) in [6, 6.07) is 12.5. The second-order valence-electron chi connectivity index (χ2n) is 7.79. The third kappa shape index (κ3) is 6.13. The van der Waals surface area contributed by atoms with Gasteiger partial charge in [0.2, 0.25) is 5.91 Å². The van der Waals surface area contributed by atoms with Gasteiger partial charge in [-0.25, -0.2) is 9.78 Å². The van der Waals surface area contributed by atoms with Gasteiger partial charge in [-0.3, -0.25) is 4.79 Å². The minimum absolute atomic E-state index is 0.0264. The second kappa shape index (κ2) is 11.1. The molecule has 10 heteroatoms. The predicted octanol–water partition coefficient (Wildman–Crippen LogP) is 3.60. The van der Waals surface area contributed by atoms with Gasteiger partial charge in [0.1, 0.15) is 5.82 Å².